The van der Waals surface area contributed by atoms with Crippen LogP contribution in [0.25, 0.3) is 0 Å². The van der Waals surface area contributed by atoms with Crippen LogP contribution in [0.15, 0.2) is 0 Å². The monoisotopic (exact) mass is 309 g/mol. The van der Waals surface area contributed by atoms with Crippen LogP contribution in [0.5, 0.6) is 0 Å². The molecule has 0 saturated heterocycles. The highest BCUT2D eigenvalue weighted by Crippen LogP contribution is 2.22. The van der Waals surface area contributed by atoms with Crippen LogP contribution in [-0.2, 0) is 23.6 Å². The van der Waals surface area contributed by atoms with E-state index in [2.05, 4.69) is 5.32 Å². The molecule has 1 amide bonds. The molecule has 0 spiro atoms. The first-order valence-corrected chi connectivity index (χ1v) is 8.56. The Morgan fingerprint density at radius 2 is 1.75 bits per heavy atom. The summed E-state index contributed by atoms with van der Waals surface area (Å²) in [5, 5.41) is 2.41. The van der Waals surface area contributed by atoms with Crippen molar-refractivity contribution in [3.05, 3.63) is 0 Å². The number of nitrogens with one attached hydrogen (secondary N) is 1. The molecule has 1 unspecified atom stereocenters. The number of amides is 1. The van der Waals surface area contributed by atoms with E-state index < -0.39 is 25.9 Å². The number of hydrogen-bond acceptors (Lipinski definition) is 6. The zero-order valence-electron chi connectivity index (χ0n) is 12.3. The van der Waals surface area contributed by atoms with Gasteiger partial charge >= 0.3 is 12.1 Å². The molecule has 0 aliphatic heterocycles. The number of carbonyl (C=O) groups excluding carboxylic acids is 2. The number of ether oxygens (including phenoxy) is 3. The van der Waals surface area contributed by atoms with Gasteiger partial charge in [-0.2, -0.15) is 0 Å². The summed E-state index contributed by atoms with van der Waals surface area (Å²) in [6.45, 7) is 6.09. The molecule has 118 valence electrons. The highest BCUT2D eigenvalue weighted by atomic mass is 31.1. The fourth-order valence-corrected chi connectivity index (χ4v) is 2.59. The molecule has 0 radical (unpaired) electrons. The third kappa shape index (κ3) is 8.93. The molecular weight excluding hydrogens is 285 g/mol. The van der Waals surface area contributed by atoms with E-state index in [4.69, 9.17) is 14.2 Å². The van der Waals surface area contributed by atoms with Crippen LogP contribution in [0.1, 0.15) is 27.2 Å². The Morgan fingerprint density at radius 1 is 1.10 bits per heavy atom. The zero-order chi connectivity index (χ0) is 15.4. The van der Waals surface area contributed by atoms with E-state index in [9.17, 15) is 14.2 Å². The molecule has 20 heavy (non-hydrogen) atoms. The summed E-state index contributed by atoms with van der Waals surface area (Å²) >= 11 is 0. The Morgan fingerprint density at radius 3 is 2.30 bits per heavy atom. The molecule has 0 heterocycles. The molecule has 0 aliphatic carbocycles. The predicted octanol–water partition coefficient (Wildman–Crippen LogP) is 1.61. The molecule has 0 aromatic heterocycles. The van der Waals surface area contributed by atoms with Crippen molar-refractivity contribution >= 4 is 19.9 Å². The van der Waals surface area contributed by atoms with Gasteiger partial charge in [0.2, 0.25) is 0 Å². The largest absolute Gasteiger partial charge is 0.464 e. The lowest BCUT2D eigenvalue weighted by Crippen LogP contribution is -2.42. The van der Waals surface area contributed by atoms with E-state index in [0.29, 0.717) is 12.8 Å². The molecule has 0 aromatic rings. The van der Waals surface area contributed by atoms with Crippen LogP contribution in [0.3, 0.4) is 0 Å². The topological polar surface area (TPSA) is 90.9 Å². The number of carbonyl (C=O) groups is 2. The van der Waals surface area contributed by atoms with Gasteiger partial charge in [-0.05, 0) is 27.2 Å². The molecule has 2 atom stereocenters. The Labute approximate surface area is 120 Å². The van der Waals surface area contributed by atoms with Gasteiger partial charge in [0.25, 0.3) is 0 Å². The first kappa shape index (κ1) is 18.9. The Hall–Kier alpha value is -1.07. The lowest BCUT2D eigenvalue weighted by molar-refractivity contribution is -0.145. The molecule has 8 heteroatoms. The van der Waals surface area contributed by atoms with Crippen LogP contribution in [0.2, 0.25) is 0 Å². The van der Waals surface area contributed by atoms with Gasteiger partial charge in [0.05, 0.1) is 19.6 Å². The first-order chi connectivity index (χ1) is 9.54. The van der Waals surface area contributed by atoms with Gasteiger partial charge in [0.1, 0.15) is 13.8 Å². The van der Waals surface area contributed by atoms with E-state index >= 15 is 0 Å². The van der Waals surface area contributed by atoms with Crippen molar-refractivity contribution in [2.75, 3.05) is 32.3 Å². The minimum Gasteiger partial charge on any atom is -0.464 e. The van der Waals surface area contributed by atoms with Crippen molar-refractivity contribution in [2.24, 2.45) is 0 Å². The van der Waals surface area contributed by atoms with Crippen LogP contribution >= 0.6 is 7.80 Å². The molecule has 0 rings (SSSR count). The number of alkyl carbamates (subject to hydrolysis) is 1. The summed E-state index contributed by atoms with van der Waals surface area (Å²) in [7, 11) is -1.91. The quantitative estimate of drug-likeness (QED) is 0.487. The highest BCUT2D eigenvalue weighted by molar-refractivity contribution is 7.44. The number of rotatable bonds is 10. The van der Waals surface area contributed by atoms with Gasteiger partial charge in [-0.15, -0.1) is 0 Å². The Bertz CT molecular complexity index is 323. The molecule has 1 N–H and O–H groups in total. The third-order valence-corrected chi connectivity index (χ3v) is 3.69. The fraction of sp³-hybridized carbons (Fsp3) is 0.833. The van der Waals surface area contributed by atoms with Gasteiger partial charge in [-0.3, -0.25) is 0 Å². The van der Waals surface area contributed by atoms with Crippen molar-refractivity contribution in [1.29, 1.82) is 0 Å². The minimum atomic E-state index is -1.91. The molecule has 0 aromatic carbocycles. The molecule has 0 aliphatic rings. The van der Waals surface area contributed by atoms with Crippen LogP contribution in [0, 0.1) is 0 Å². The Kier molecular flexibility index (Phi) is 11.1. The van der Waals surface area contributed by atoms with Gasteiger partial charge in [-0.25, -0.2) is 9.59 Å². The second-order valence-electron chi connectivity index (χ2n) is 3.88. The zero-order valence-corrected chi connectivity index (χ0v) is 13.3. The van der Waals surface area contributed by atoms with Crippen molar-refractivity contribution in [3.8, 4) is 0 Å². The summed E-state index contributed by atoms with van der Waals surface area (Å²) in [6, 6.07) is -0.843. The Balaban J connectivity index is 4.34. The van der Waals surface area contributed by atoms with Crippen molar-refractivity contribution in [1.82, 2.24) is 5.32 Å². The standard InChI is InChI=1S/C12H24NO6P/c1-4-17-9-20(16)8-7-10(11(14)18-5-2)13-12(15)19-6-3/h10,20H,4-9H2,1-3H3,(H,13,15)/t10-/m0/s1. The SMILES string of the molecule is CCOC[PH](=O)CC[C@H](NC(=O)OCC)C(=O)OCC. The summed E-state index contributed by atoms with van der Waals surface area (Å²) < 4.78 is 26.3. The molecule has 7 nitrogen and oxygen atoms in total. The molecule has 0 fully saturated rings. The maximum absolute atomic E-state index is 11.7. The van der Waals surface area contributed by atoms with Crippen LogP contribution < -0.4 is 5.32 Å². The first-order valence-electron chi connectivity index (χ1n) is 6.74. The van der Waals surface area contributed by atoms with E-state index in [0.717, 1.165) is 0 Å². The van der Waals surface area contributed by atoms with E-state index in [-0.39, 0.29) is 26.0 Å². The molecular formula is C12H24NO6P. The van der Waals surface area contributed by atoms with E-state index in [1.165, 1.54) is 0 Å². The maximum Gasteiger partial charge on any atom is 0.407 e. The number of esters is 1. The van der Waals surface area contributed by atoms with Gasteiger partial charge in [-0.1, -0.05) is 0 Å². The smallest absolute Gasteiger partial charge is 0.407 e. The fourth-order valence-electron chi connectivity index (χ4n) is 1.40. The van der Waals surface area contributed by atoms with Crippen LogP contribution in [0.4, 0.5) is 4.79 Å². The average molecular weight is 309 g/mol. The lowest BCUT2D eigenvalue weighted by Gasteiger charge is -2.16. The van der Waals surface area contributed by atoms with Crippen molar-refractivity contribution in [2.45, 2.75) is 33.2 Å². The minimum absolute atomic E-state index is 0.191. The highest BCUT2D eigenvalue weighted by Gasteiger charge is 2.23. The van der Waals surface area contributed by atoms with E-state index in [1.54, 1.807) is 13.8 Å². The third-order valence-electron chi connectivity index (χ3n) is 2.32. The average Bonchev–Trinajstić information content (AvgIpc) is 2.41. The van der Waals surface area contributed by atoms with Crippen LogP contribution in [-0.4, -0.2) is 50.4 Å². The number of hydrogen-bond donors (Lipinski definition) is 1. The van der Waals surface area contributed by atoms with E-state index in [1.807, 2.05) is 6.92 Å². The lowest BCUT2D eigenvalue weighted by atomic mass is 10.2. The van der Waals surface area contributed by atoms with Crippen molar-refractivity contribution in [3.63, 3.8) is 0 Å². The summed E-state index contributed by atoms with van der Waals surface area (Å²) in [6.07, 6.45) is 0.0502. The summed E-state index contributed by atoms with van der Waals surface area (Å²) in [5.41, 5.74) is 0. The second kappa shape index (κ2) is 11.7. The second-order valence-corrected chi connectivity index (χ2v) is 5.75. The molecule has 0 saturated carbocycles. The summed E-state index contributed by atoms with van der Waals surface area (Å²) in [5.74, 6) is -0.549. The normalized spacial score (nSPS) is 13.3. The summed E-state index contributed by atoms with van der Waals surface area (Å²) in [4.78, 5) is 23.0. The van der Waals surface area contributed by atoms with Gasteiger partial charge in [0.15, 0.2) is 0 Å². The van der Waals surface area contributed by atoms with Gasteiger partial charge < -0.3 is 24.1 Å². The van der Waals surface area contributed by atoms with Crippen molar-refractivity contribution < 1.29 is 28.4 Å². The maximum atomic E-state index is 11.7. The van der Waals surface area contributed by atoms with Gasteiger partial charge in [0, 0.05) is 12.8 Å². The predicted molar refractivity (Wildman–Crippen MR) is 75.6 cm³/mol. The molecule has 0 bridgehead atoms.